The zero-order chi connectivity index (χ0) is 20.7. The molecule has 2 aromatic carbocycles. The smallest absolute Gasteiger partial charge is 0.286 e. The van der Waals surface area contributed by atoms with Gasteiger partial charge in [-0.2, -0.15) is 18.4 Å². The second kappa shape index (κ2) is 9.53. The summed E-state index contributed by atoms with van der Waals surface area (Å²) in [5.41, 5.74) is 1.05. The Hall–Kier alpha value is -2.91. The highest BCUT2D eigenvalue weighted by atomic mass is 32.2. The van der Waals surface area contributed by atoms with Crippen molar-refractivity contribution < 1.29 is 22.3 Å². The number of halogens is 1. The maximum absolute atomic E-state index is 13.8. The van der Waals surface area contributed by atoms with Crippen LogP contribution in [0.25, 0.3) is 0 Å². The Labute approximate surface area is 172 Å². The monoisotopic (exact) mass is 434 g/mol. The SMILES string of the molecule is CCOc1cc(/C=N/NS(=O)(=O)c2cccs2)ccc1OCc1ccccc1F. The summed E-state index contributed by atoms with van der Waals surface area (Å²) in [6.45, 7) is 2.29. The lowest BCUT2D eigenvalue weighted by Crippen LogP contribution is -2.17. The Morgan fingerprint density at radius 1 is 1.10 bits per heavy atom. The second-order valence-corrected chi connectivity index (χ2v) is 8.64. The number of benzene rings is 2. The van der Waals surface area contributed by atoms with E-state index in [1.165, 1.54) is 18.3 Å². The number of ether oxygens (including phenoxy) is 2. The highest BCUT2D eigenvalue weighted by Crippen LogP contribution is 2.29. The fourth-order valence-electron chi connectivity index (χ4n) is 2.40. The van der Waals surface area contributed by atoms with E-state index in [0.717, 1.165) is 11.3 Å². The van der Waals surface area contributed by atoms with Gasteiger partial charge in [-0.1, -0.05) is 24.3 Å². The maximum Gasteiger partial charge on any atom is 0.286 e. The molecule has 6 nitrogen and oxygen atoms in total. The summed E-state index contributed by atoms with van der Waals surface area (Å²) in [6.07, 6.45) is 1.37. The van der Waals surface area contributed by atoms with E-state index >= 15 is 0 Å². The van der Waals surface area contributed by atoms with E-state index in [1.54, 1.807) is 47.8 Å². The average molecular weight is 435 g/mol. The number of rotatable bonds is 9. The lowest BCUT2D eigenvalue weighted by molar-refractivity contribution is 0.266. The molecule has 0 saturated heterocycles. The van der Waals surface area contributed by atoms with Crippen LogP contribution in [0.2, 0.25) is 0 Å². The number of hydrogen-bond acceptors (Lipinski definition) is 6. The van der Waals surface area contributed by atoms with Gasteiger partial charge in [0.25, 0.3) is 10.0 Å². The summed E-state index contributed by atoms with van der Waals surface area (Å²) in [7, 11) is -3.68. The van der Waals surface area contributed by atoms with Gasteiger partial charge in [0, 0.05) is 5.56 Å². The molecule has 0 atom stereocenters. The Morgan fingerprint density at radius 2 is 1.93 bits per heavy atom. The van der Waals surface area contributed by atoms with Crippen LogP contribution in [0.3, 0.4) is 0 Å². The van der Waals surface area contributed by atoms with Crippen molar-refractivity contribution in [2.75, 3.05) is 6.61 Å². The summed E-state index contributed by atoms with van der Waals surface area (Å²) in [5.74, 6) is 0.563. The van der Waals surface area contributed by atoms with Crippen LogP contribution in [0.15, 0.2) is 69.3 Å². The highest BCUT2D eigenvalue weighted by Gasteiger charge is 2.13. The molecule has 9 heteroatoms. The van der Waals surface area contributed by atoms with E-state index in [1.807, 2.05) is 6.92 Å². The van der Waals surface area contributed by atoms with Gasteiger partial charge >= 0.3 is 0 Å². The molecule has 0 aliphatic heterocycles. The minimum atomic E-state index is -3.68. The van der Waals surface area contributed by atoms with Crippen molar-refractivity contribution in [2.24, 2.45) is 5.10 Å². The molecule has 0 unspecified atom stereocenters. The molecule has 0 fully saturated rings. The number of sulfonamides is 1. The normalized spacial score (nSPS) is 11.5. The molecule has 0 saturated carbocycles. The predicted octanol–water partition coefficient (Wildman–Crippen LogP) is 4.18. The van der Waals surface area contributed by atoms with Crippen LogP contribution < -0.4 is 14.3 Å². The standard InChI is InChI=1S/C20H19FN2O4S2/c1-2-26-19-12-15(13-22-23-29(24,25)20-8-5-11-28-20)9-10-18(19)27-14-16-6-3-4-7-17(16)21/h3-13,23H,2,14H2,1H3/b22-13+. The maximum atomic E-state index is 13.8. The van der Waals surface area contributed by atoms with Gasteiger partial charge in [0.1, 0.15) is 16.6 Å². The third kappa shape index (κ3) is 5.55. The zero-order valence-electron chi connectivity index (χ0n) is 15.5. The zero-order valence-corrected chi connectivity index (χ0v) is 17.2. The van der Waals surface area contributed by atoms with Gasteiger partial charge in [-0.3, -0.25) is 0 Å². The minimum Gasteiger partial charge on any atom is -0.490 e. The van der Waals surface area contributed by atoms with Crippen LogP contribution in [0.4, 0.5) is 4.39 Å². The summed E-state index contributed by atoms with van der Waals surface area (Å²) < 4.78 is 49.4. The lowest BCUT2D eigenvalue weighted by atomic mass is 10.2. The molecular weight excluding hydrogens is 415 g/mol. The average Bonchev–Trinajstić information content (AvgIpc) is 3.24. The molecule has 0 aliphatic carbocycles. The largest absolute Gasteiger partial charge is 0.490 e. The number of nitrogens with one attached hydrogen (secondary N) is 1. The molecular formula is C20H19FN2O4S2. The molecule has 0 radical (unpaired) electrons. The Balaban J connectivity index is 1.71. The Kier molecular flexibility index (Phi) is 6.84. The van der Waals surface area contributed by atoms with Crippen molar-refractivity contribution in [3.05, 3.63) is 76.9 Å². The molecule has 29 heavy (non-hydrogen) atoms. The molecule has 0 spiro atoms. The van der Waals surface area contributed by atoms with E-state index in [9.17, 15) is 12.8 Å². The van der Waals surface area contributed by atoms with Crippen LogP contribution >= 0.6 is 11.3 Å². The number of hydrogen-bond donors (Lipinski definition) is 1. The van der Waals surface area contributed by atoms with Crippen LogP contribution in [0, 0.1) is 5.82 Å². The van der Waals surface area contributed by atoms with Gasteiger partial charge in [-0.25, -0.2) is 4.39 Å². The molecule has 0 bridgehead atoms. The van der Waals surface area contributed by atoms with Crippen LogP contribution in [0.5, 0.6) is 11.5 Å². The minimum absolute atomic E-state index is 0.0563. The fourth-order valence-corrected chi connectivity index (χ4v) is 4.17. The van der Waals surface area contributed by atoms with Crippen molar-refractivity contribution in [1.82, 2.24) is 4.83 Å². The van der Waals surface area contributed by atoms with Gasteiger partial charge in [-0.05, 0) is 48.2 Å². The second-order valence-electron chi connectivity index (χ2n) is 5.80. The predicted molar refractivity (Wildman–Crippen MR) is 111 cm³/mol. The lowest BCUT2D eigenvalue weighted by Gasteiger charge is -2.13. The van der Waals surface area contributed by atoms with Crippen molar-refractivity contribution in [3.8, 4) is 11.5 Å². The molecule has 3 aromatic rings. The van der Waals surface area contributed by atoms with Crippen molar-refractivity contribution >= 4 is 27.6 Å². The van der Waals surface area contributed by atoms with Crippen molar-refractivity contribution in [3.63, 3.8) is 0 Å². The third-order valence-corrected chi connectivity index (χ3v) is 6.38. The molecule has 1 aromatic heterocycles. The van der Waals surface area contributed by atoms with Gasteiger partial charge in [0.05, 0.1) is 12.8 Å². The first-order valence-electron chi connectivity index (χ1n) is 8.71. The first-order valence-corrected chi connectivity index (χ1v) is 11.1. The van der Waals surface area contributed by atoms with E-state index in [4.69, 9.17) is 9.47 Å². The molecule has 0 amide bonds. The molecule has 1 N–H and O–H groups in total. The van der Waals surface area contributed by atoms with Gasteiger partial charge in [-0.15, -0.1) is 11.3 Å². The van der Waals surface area contributed by atoms with E-state index < -0.39 is 10.0 Å². The van der Waals surface area contributed by atoms with Crippen LogP contribution in [0.1, 0.15) is 18.1 Å². The van der Waals surface area contributed by atoms with Crippen molar-refractivity contribution in [1.29, 1.82) is 0 Å². The molecule has 1 heterocycles. The number of nitrogens with zero attached hydrogens (tertiary/aromatic N) is 1. The van der Waals surface area contributed by atoms with E-state index in [2.05, 4.69) is 9.93 Å². The van der Waals surface area contributed by atoms with Crippen molar-refractivity contribution in [2.45, 2.75) is 17.7 Å². The Morgan fingerprint density at radius 3 is 2.66 bits per heavy atom. The summed E-state index contributed by atoms with van der Waals surface area (Å²) >= 11 is 1.10. The quantitative estimate of drug-likeness (QED) is 0.405. The fraction of sp³-hybridized carbons (Fsp3) is 0.150. The summed E-state index contributed by atoms with van der Waals surface area (Å²) in [6, 6.07) is 14.6. The molecule has 3 rings (SSSR count). The summed E-state index contributed by atoms with van der Waals surface area (Å²) in [4.78, 5) is 2.17. The molecule has 152 valence electrons. The van der Waals surface area contributed by atoms with Gasteiger partial charge < -0.3 is 9.47 Å². The Bertz CT molecular complexity index is 1080. The first-order chi connectivity index (χ1) is 14.0. The van der Waals surface area contributed by atoms with Crippen LogP contribution in [-0.4, -0.2) is 21.2 Å². The number of thiophene rings is 1. The van der Waals surface area contributed by atoms with E-state index in [-0.39, 0.29) is 16.6 Å². The third-order valence-electron chi connectivity index (χ3n) is 3.76. The van der Waals surface area contributed by atoms with E-state index in [0.29, 0.717) is 29.2 Å². The van der Waals surface area contributed by atoms with Gasteiger partial charge in [0.2, 0.25) is 0 Å². The highest BCUT2D eigenvalue weighted by molar-refractivity contribution is 7.91. The number of hydrazone groups is 1. The topological polar surface area (TPSA) is 77.0 Å². The summed E-state index contributed by atoms with van der Waals surface area (Å²) in [5, 5.41) is 5.48. The van der Waals surface area contributed by atoms with Crippen LogP contribution in [-0.2, 0) is 16.6 Å². The van der Waals surface area contributed by atoms with Gasteiger partial charge in [0.15, 0.2) is 11.5 Å². The molecule has 0 aliphatic rings. The first kappa shape index (κ1) is 20.8.